The zero-order chi connectivity index (χ0) is 13.9. The highest BCUT2D eigenvalue weighted by Crippen LogP contribution is 2.34. The summed E-state index contributed by atoms with van der Waals surface area (Å²) in [5.41, 5.74) is 2.66. The molecule has 0 radical (unpaired) electrons. The van der Waals surface area contributed by atoms with Gasteiger partial charge in [0, 0.05) is 4.88 Å². The average Bonchev–Trinajstić information content (AvgIpc) is 2.90. The van der Waals surface area contributed by atoms with Crippen molar-refractivity contribution in [2.45, 2.75) is 25.8 Å². The predicted octanol–water partition coefficient (Wildman–Crippen LogP) is 4.53. The van der Waals surface area contributed by atoms with Crippen LogP contribution in [0.2, 0.25) is 0 Å². The monoisotopic (exact) mass is 351 g/mol. The van der Waals surface area contributed by atoms with Crippen LogP contribution < -0.4 is 10.1 Å². The maximum atomic E-state index is 5.70. The largest absolute Gasteiger partial charge is 0.493 e. The number of nitrogens with one attached hydrogen (secondary N) is 1. The van der Waals surface area contributed by atoms with Crippen LogP contribution in [0.5, 0.6) is 5.75 Å². The second-order valence-corrected chi connectivity index (χ2v) is 7.45. The van der Waals surface area contributed by atoms with Crippen molar-refractivity contribution in [3.63, 3.8) is 0 Å². The first-order chi connectivity index (χ1) is 9.78. The van der Waals surface area contributed by atoms with Gasteiger partial charge in [0.2, 0.25) is 0 Å². The van der Waals surface area contributed by atoms with Gasteiger partial charge in [-0.2, -0.15) is 0 Å². The highest BCUT2D eigenvalue weighted by Gasteiger charge is 2.18. The average molecular weight is 352 g/mol. The summed E-state index contributed by atoms with van der Waals surface area (Å²) in [5.74, 6) is 1.06. The molecule has 20 heavy (non-hydrogen) atoms. The molecule has 0 saturated carbocycles. The molecule has 0 aliphatic carbocycles. The summed E-state index contributed by atoms with van der Waals surface area (Å²) in [4.78, 5) is 1.34. The van der Waals surface area contributed by atoms with Crippen LogP contribution in [0.15, 0.2) is 34.1 Å². The van der Waals surface area contributed by atoms with Crippen molar-refractivity contribution in [2.75, 3.05) is 13.2 Å². The topological polar surface area (TPSA) is 21.3 Å². The van der Waals surface area contributed by atoms with Crippen LogP contribution in [0, 0.1) is 0 Å². The number of hydrogen-bond acceptors (Lipinski definition) is 3. The van der Waals surface area contributed by atoms with Crippen molar-refractivity contribution in [1.82, 2.24) is 5.32 Å². The Morgan fingerprint density at radius 1 is 1.35 bits per heavy atom. The van der Waals surface area contributed by atoms with E-state index in [4.69, 9.17) is 4.74 Å². The summed E-state index contributed by atoms with van der Waals surface area (Å²) < 4.78 is 6.88. The molecule has 1 N–H and O–H groups in total. The predicted molar refractivity (Wildman–Crippen MR) is 87.8 cm³/mol. The van der Waals surface area contributed by atoms with Gasteiger partial charge in [0.15, 0.2) is 0 Å². The molecule has 1 aliphatic rings. The van der Waals surface area contributed by atoms with Crippen molar-refractivity contribution in [3.05, 3.63) is 50.1 Å². The van der Waals surface area contributed by atoms with E-state index in [-0.39, 0.29) is 6.04 Å². The SMILES string of the molecule is CCNC(c1ccc2c(c1)CCCO2)c1ccc(Br)s1. The minimum absolute atomic E-state index is 0.267. The van der Waals surface area contributed by atoms with Crippen molar-refractivity contribution in [3.8, 4) is 5.75 Å². The van der Waals surface area contributed by atoms with Crippen LogP contribution in [0.1, 0.15) is 35.4 Å². The molecular weight excluding hydrogens is 334 g/mol. The highest BCUT2D eigenvalue weighted by atomic mass is 79.9. The summed E-state index contributed by atoms with van der Waals surface area (Å²) in [6.45, 7) is 3.95. The molecule has 106 valence electrons. The molecule has 2 nitrogen and oxygen atoms in total. The molecule has 1 unspecified atom stereocenters. The van der Waals surface area contributed by atoms with Crippen LogP contribution in [0.4, 0.5) is 0 Å². The Labute approximate surface area is 132 Å². The van der Waals surface area contributed by atoms with E-state index in [1.807, 2.05) is 0 Å². The third-order valence-electron chi connectivity index (χ3n) is 3.55. The first-order valence-corrected chi connectivity index (χ1v) is 8.63. The number of thiophene rings is 1. The molecule has 0 saturated heterocycles. The highest BCUT2D eigenvalue weighted by molar-refractivity contribution is 9.11. The van der Waals surface area contributed by atoms with Crippen LogP contribution >= 0.6 is 27.3 Å². The van der Waals surface area contributed by atoms with E-state index in [2.05, 4.69) is 58.5 Å². The van der Waals surface area contributed by atoms with E-state index in [0.717, 1.165) is 31.7 Å². The molecule has 4 heteroatoms. The summed E-state index contributed by atoms with van der Waals surface area (Å²) in [6, 6.07) is 11.2. The van der Waals surface area contributed by atoms with E-state index in [1.54, 1.807) is 11.3 Å². The molecule has 0 amide bonds. The molecule has 0 fully saturated rings. The normalized spacial score (nSPS) is 15.5. The minimum atomic E-state index is 0.267. The van der Waals surface area contributed by atoms with E-state index in [9.17, 15) is 0 Å². The molecule has 2 heterocycles. The smallest absolute Gasteiger partial charge is 0.122 e. The molecule has 0 bridgehead atoms. The van der Waals surface area contributed by atoms with E-state index >= 15 is 0 Å². The fourth-order valence-corrected chi connectivity index (χ4v) is 4.16. The first-order valence-electron chi connectivity index (χ1n) is 7.02. The molecule has 1 aliphatic heterocycles. The fraction of sp³-hybridized carbons (Fsp3) is 0.375. The Bertz CT molecular complexity index is 596. The standard InChI is InChI=1S/C16H18BrNOS/c1-2-18-16(14-7-8-15(17)20-14)12-5-6-13-11(10-12)4-3-9-19-13/h5-8,10,16,18H,2-4,9H2,1H3. The molecule has 0 spiro atoms. The number of aryl methyl sites for hydroxylation is 1. The molecular formula is C16H18BrNOS. The zero-order valence-corrected chi connectivity index (χ0v) is 13.9. The second kappa shape index (κ2) is 6.29. The van der Waals surface area contributed by atoms with E-state index in [0.29, 0.717) is 0 Å². The number of benzene rings is 1. The lowest BCUT2D eigenvalue weighted by Crippen LogP contribution is -2.21. The van der Waals surface area contributed by atoms with E-state index in [1.165, 1.54) is 19.8 Å². The van der Waals surface area contributed by atoms with E-state index < -0.39 is 0 Å². The lowest BCUT2D eigenvalue weighted by Gasteiger charge is -2.22. The maximum absolute atomic E-state index is 5.70. The lowest BCUT2D eigenvalue weighted by molar-refractivity contribution is 0.288. The summed E-state index contributed by atoms with van der Waals surface area (Å²) in [6.07, 6.45) is 2.24. The molecule has 1 aromatic carbocycles. The van der Waals surface area contributed by atoms with Crippen molar-refractivity contribution in [1.29, 1.82) is 0 Å². The Balaban J connectivity index is 1.95. The van der Waals surface area contributed by atoms with Gasteiger partial charge in [-0.1, -0.05) is 19.1 Å². The van der Waals surface area contributed by atoms with Crippen LogP contribution in [-0.2, 0) is 6.42 Å². The molecule has 3 rings (SSSR count). The number of hydrogen-bond donors (Lipinski definition) is 1. The van der Waals surface area contributed by atoms with Gasteiger partial charge in [-0.25, -0.2) is 0 Å². The van der Waals surface area contributed by atoms with Gasteiger partial charge >= 0.3 is 0 Å². The van der Waals surface area contributed by atoms with Crippen LogP contribution in [0.25, 0.3) is 0 Å². The van der Waals surface area contributed by atoms with Gasteiger partial charge in [0.25, 0.3) is 0 Å². The van der Waals surface area contributed by atoms with Crippen molar-refractivity contribution in [2.24, 2.45) is 0 Å². The van der Waals surface area contributed by atoms with Gasteiger partial charge < -0.3 is 10.1 Å². The third kappa shape index (κ3) is 2.92. The fourth-order valence-electron chi connectivity index (χ4n) is 2.63. The third-order valence-corrected chi connectivity index (χ3v) is 5.24. The van der Waals surface area contributed by atoms with Gasteiger partial charge in [0.05, 0.1) is 16.4 Å². The quantitative estimate of drug-likeness (QED) is 0.873. The summed E-state index contributed by atoms with van der Waals surface area (Å²) in [5, 5.41) is 3.58. The minimum Gasteiger partial charge on any atom is -0.493 e. The molecule has 1 aromatic heterocycles. The summed E-state index contributed by atoms with van der Waals surface area (Å²) >= 11 is 5.35. The number of rotatable bonds is 4. The van der Waals surface area contributed by atoms with Crippen LogP contribution in [-0.4, -0.2) is 13.2 Å². The van der Waals surface area contributed by atoms with Gasteiger partial charge in [0.1, 0.15) is 5.75 Å². The number of ether oxygens (including phenoxy) is 1. The Hall–Kier alpha value is -0.840. The second-order valence-electron chi connectivity index (χ2n) is 4.95. The Kier molecular flexibility index (Phi) is 4.44. The van der Waals surface area contributed by atoms with Gasteiger partial charge in [-0.05, 0) is 64.6 Å². The lowest BCUT2D eigenvalue weighted by atomic mass is 9.98. The number of fused-ring (bicyclic) bond motifs is 1. The Morgan fingerprint density at radius 2 is 2.25 bits per heavy atom. The van der Waals surface area contributed by atoms with Gasteiger partial charge in [-0.3, -0.25) is 0 Å². The Morgan fingerprint density at radius 3 is 3.00 bits per heavy atom. The zero-order valence-electron chi connectivity index (χ0n) is 11.5. The maximum Gasteiger partial charge on any atom is 0.122 e. The van der Waals surface area contributed by atoms with Gasteiger partial charge in [-0.15, -0.1) is 11.3 Å². The van der Waals surface area contributed by atoms with Crippen molar-refractivity contribution < 1.29 is 4.74 Å². The first kappa shape index (κ1) is 14.1. The van der Waals surface area contributed by atoms with Crippen LogP contribution in [0.3, 0.4) is 0 Å². The molecule has 2 aromatic rings. The summed E-state index contributed by atoms with van der Waals surface area (Å²) in [7, 11) is 0. The van der Waals surface area contributed by atoms with Crippen molar-refractivity contribution >= 4 is 27.3 Å². The molecule has 1 atom stereocenters. The number of halogens is 1.